The molecule has 3 aromatic rings. The van der Waals surface area contributed by atoms with E-state index in [2.05, 4.69) is 40.9 Å². The summed E-state index contributed by atoms with van der Waals surface area (Å²) >= 11 is 0. The van der Waals surface area contributed by atoms with E-state index in [4.69, 9.17) is 10.5 Å². The highest BCUT2D eigenvalue weighted by atomic mass is 16.5. The van der Waals surface area contributed by atoms with E-state index in [0.29, 0.717) is 6.42 Å². The van der Waals surface area contributed by atoms with Crippen LogP contribution >= 0.6 is 0 Å². The first-order valence-electron chi connectivity index (χ1n) is 10.3. The summed E-state index contributed by atoms with van der Waals surface area (Å²) in [6, 6.07) is 8.27. The number of aryl methyl sites for hydroxylation is 1. The van der Waals surface area contributed by atoms with Crippen molar-refractivity contribution in [2.24, 2.45) is 5.73 Å². The summed E-state index contributed by atoms with van der Waals surface area (Å²) in [6.07, 6.45) is 10.4. The number of rotatable bonds is 12. The molecule has 0 aliphatic carbocycles. The molecule has 0 aliphatic rings. The van der Waals surface area contributed by atoms with Crippen molar-refractivity contribution in [2.75, 3.05) is 6.61 Å². The van der Waals surface area contributed by atoms with Crippen LogP contribution in [0.4, 0.5) is 0 Å². The van der Waals surface area contributed by atoms with Gasteiger partial charge in [-0.15, -0.1) is 0 Å². The van der Waals surface area contributed by atoms with Crippen LogP contribution in [0.3, 0.4) is 0 Å². The fourth-order valence-corrected chi connectivity index (χ4v) is 3.40. The Labute approximate surface area is 171 Å². The van der Waals surface area contributed by atoms with E-state index in [1.807, 2.05) is 6.07 Å². The van der Waals surface area contributed by atoms with Gasteiger partial charge in [-0.05, 0) is 43.5 Å². The molecule has 7 heteroatoms. The Hall–Kier alpha value is -2.80. The largest absolute Gasteiger partial charge is 0.494 e. The number of ether oxygens (including phenoxy) is 1. The van der Waals surface area contributed by atoms with E-state index < -0.39 is 12.1 Å². The molecule has 2 aromatic heterocycles. The number of benzene rings is 1. The molecule has 156 valence electrons. The maximum absolute atomic E-state index is 11.1. The topological polar surface area (TPSA) is 95.3 Å². The first kappa shape index (κ1) is 20.9. The number of nitrogens with two attached hydrogens (primary N) is 1. The van der Waals surface area contributed by atoms with E-state index in [1.165, 1.54) is 36.4 Å². The molecular formula is C22H30N4O3. The Balaban J connectivity index is 1.50. The number of aliphatic hydroxyl groups is 1. The number of aromatic nitrogens is 3. The highest BCUT2D eigenvalue weighted by molar-refractivity contribution is 5.90. The van der Waals surface area contributed by atoms with Crippen molar-refractivity contribution in [3.05, 3.63) is 48.7 Å². The summed E-state index contributed by atoms with van der Waals surface area (Å²) in [4.78, 5) is 15.0. The maximum Gasteiger partial charge on any atom is 0.268 e. The molecule has 0 saturated carbocycles. The average Bonchev–Trinajstić information content (AvgIpc) is 3.35. The molecule has 0 spiro atoms. The smallest absolute Gasteiger partial charge is 0.268 e. The third-order valence-corrected chi connectivity index (χ3v) is 5.07. The lowest BCUT2D eigenvalue weighted by Crippen LogP contribution is -2.12. The fraction of sp³-hybridized carbons (Fsp3) is 0.455. The Bertz CT molecular complexity index is 931. The van der Waals surface area contributed by atoms with Crippen molar-refractivity contribution in [1.29, 1.82) is 0 Å². The maximum atomic E-state index is 11.1. The van der Waals surface area contributed by atoms with Gasteiger partial charge >= 0.3 is 0 Å². The second-order valence-electron chi connectivity index (χ2n) is 7.33. The van der Waals surface area contributed by atoms with Crippen molar-refractivity contribution >= 4 is 16.8 Å². The van der Waals surface area contributed by atoms with Crippen LogP contribution in [-0.2, 0) is 6.54 Å². The molecule has 0 bridgehead atoms. The Morgan fingerprint density at radius 2 is 2.10 bits per heavy atom. The first-order chi connectivity index (χ1) is 14.1. The molecule has 0 unspecified atom stereocenters. The number of hydrogen-bond donors (Lipinski definition) is 2. The Morgan fingerprint density at radius 3 is 2.86 bits per heavy atom. The van der Waals surface area contributed by atoms with Crippen LogP contribution in [0.5, 0.6) is 5.75 Å². The second-order valence-corrected chi connectivity index (χ2v) is 7.33. The molecule has 1 atom stereocenters. The predicted octanol–water partition coefficient (Wildman–Crippen LogP) is 3.87. The number of nitrogens with zero attached hydrogens (tertiary/aromatic N) is 3. The van der Waals surface area contributed by atoms with Gasteiger partial charge in [-0.2, -0.15) is 0 Å². The van der Waals surface area contributed by atoms with E-state index in [-0.39, 0.29) is 5.69 Å². The number of hydrogen-bond acceptors (Lipinski definition) is 4. The van der Waals surface area contributed by atoms with Crippen LogP contribution in [0.2, 0.25) is 0 Å². The SMILES string of the molecule is CCCCCCOc1ccc2c(ccn2CCC[C@@H](O)n2cnc(C(N)=O)c2)c1. The van der Waals surface area contributed by atoms with Crippen LogP contribution in [0, 0.1) is 0 Å². The van der Waals surface area contributed by atoms with Gasteiger partial charge in [0.1, 0.15) is 17.7 Å². The van der Waals surface area contributed by atoms with Gasteiger partial charge in [-0.3, -0.25) is 4.79 Å². The predicted molar refractivity (Wildman–Crippen MR) is 113 cm³/mol. The minimum atomic E-state index is -0.731. The third kappa shape index (κ3) is 5.60. The summed E-state index contributed by atoms with van der Waals surface area (Å²) < 4.78 is 9.55. The standard InChI is InChI=1S/C22H30N4O3/c1-2-3-4-5-13-29-18-8-9-20-17(14-18)10-12-25(20)11-6-7-21(27)26-15-19(22(23)28)24-16-26/h8-10,12,14-16,21,27H,2-7,11,13H2,1H3,(H2,23,28)/t21-/m1/s1. The molecule has 3 rings (SSSR count). The van der Waals surface area contributed by atoms with Gasteiger partial charge in [0, 0.05) is 29.8 Å². The molecule has 29 heavy (non-hydrogen) atoms. The number of imidazole rings is 1. The van der Waals surface area contributed by atoms with Crippen molar-refractivity contribution in [3.63, 3.8) is 0 Å². The van der Waals surface area contributed by atoms with Gasteiger partial charge < -0.3 is 24.7 Å². The highest BCUT2D eigenvalue weighted by Crippen LogP contribution is 2.23. The molecule has 0 aliphatic heterocycles. The minimum Gasteiger partial charge on any atom is -0.494 e. The zero-order chi connectivity index (χ0) is 20.6. The fourth-order valence-electron chi connectivity index (χ4n) is 3.40. The molecule has 0 fully saturated rings. The van der Waals surface area contributed by atoms with Crippen molar-refractivity contribution in [2.45, 2.75) is 58.2 Å². The van der Waals surface area contributed by atoms with Gasteiger partial charge in [-0.25, -0.2) is 4.98 Å². The Kier molecular flexibility index (Phi) is 7.30. The van der Waals surface area contributed by atoms with E-state index in [0.717, 1.165) is 42.6 Å². The minimum absolute atomic E-state index is 0.156. The lowest BCUT2D eigenvalue weighted by molar-refractivity contribution is 0.0905. The lowest BCUT2D eigenvalue weighted by Gasteiger charge is -2.12. The van der Waals surface area contributed by atoms with E-state index in [1.54, 1.807) is 0 Å². The third-order valence-electron chi connectivity index (χ3n) is 5.07. The molecular weight excluding hydrogens is 368 g/mol. The van der Waals surface area contributed by atoms with Gasteiger partial charge in [0.2, 0.25) is 0 Å². The molecule has 7 nitrogen and oxygen atoms in total. The van der Waals surface area contributed by atoms with E-state index in [9.17, 15) is 9.90 Å². The number of primary amides is 1. The molecule has 1 aromatic carbocycles. The lowest BCUT2D eigenvalue weighted by atomic mass is 10.2. The van der Waals surface area contributed by atoms with Crippen LogP contribution in [0.15, 0.2) is 43.0 Å². The average molecular weight is 399 g/mol. The van der Waals surface area contributed by atoms with Crippen LogP contribution in [-0.4, -0.2) is 31.7 Å². The number of carbonyl (C=O) groups is 1. The molecule has 0 saturated heterocycles. The summed E-state index contributed by atoms with van der Waals surface area (Å²) in [5, 5.41) is 11.4. The van der Waals surface area contributed by atoms with Gasteiger partial charge in [-0.1, -0.05) is 26.2 Å². The summed E-state index contributed by atoms with van der Waals surface area (Å²) in [5.41, 5.74) is 6.50. The number of unbranched alkanes of at least 4 members (excludes halogenated alkanes) is 3. The molecule has 2 heterocycles. The summed E-state index contributed by atoms with van der Waals surface area (Å²) in [6.45, 7) is 3.75. The molecule has 1 amide bonds. The van der Waals surface area contributed by atoms with Gasteiger partial charge in [0.25, 0.3) is 5.91 Å². The van der Waals surface area contributed by atoms with E-state index >= 15 is 0 Å². The molecule has 0 radical (unpaired) electrons. The van der Waals surface area contributed by atoms with Gasteiger partial charge in [0.15, 0.2) is 0 Å². The number of amides is 1. The van der Waals surface area contributed by atoms with Crippen molar-refractivity contribution in [1.82, 2.24) is 14.1 Å². The number of aliphatic hydroxyl groups excluding tert-OH is 1. The van der Waals surface area contributed by atoms with Gasteiger partial charge in [0.05, 0.1) is 12.9 Å². The zero-order valence-electron chi connectivity index (χ0n) is 17.0. The highest BCUT2D eigenvalue weighted by Gasteiger charge is 2.11. The second kappa shape index (κ2) is 10.1. The quantitative estimate of drug-likeness (QED) is 0.453. The van der Waals surface area contributed by atoms with Crippen LogP contribution in [0.1, 0.15) is 62.2 Å². The van der Waals surface area contributed by atoms with Crippen molar-refractivity contribution < 1.29 is 14.6 Å². The monoisotopic (exact) mass is 398 g/mol. The summed E-state index contributed by atoms with van der Waals surface area (Å²) in [7, 11) is 0. The molecule has 3 N–H and O–H groups in total. The van der Waals surface area contributed by atoms with Crippen molar-refractivity contribution in [3.8, 4) is 5.75 Å². The number of carbonyl (C=O) groups excluding carboxylic acids is 1. The normalized spacial score (nSPS) is 12.3. The zero-order valence-corrected chi connectivity index (χ0v) is 17.0. The van der Waals surface area contributed by atoms with Crippen LogP contribution in [0.25, 0.3) is 10.9 Å². The number of fused-ring (bicyclic) bond motifs is 1. The first-order valence-corrected chi connectivity index (χ1v) is 10.3. The summed E-state index contributed by atoms with van der Waals surface area (Å²) in [5.74, 6) is 0.312. The Morgan fingerprint density at radius 1 is 1.24 bits per heavy atom. The van der Waals surface area contributed by atoms with Crippen LogP contribution < -0.4 is 10.5 Å².